The van der Waals surface area contributed by atoms with Gasteiger partial charge in [-0.1, -0.05) is 35.4 Å². The van der Waals surface area contributed by atoms with Crippen LogP contribution in [-0.2, 0) is 16.1 Å². The Bertz CT molecular complexity index is 494. The Balaban J connectivity index is 2.08. The van der Waals surface area contributed by atoms with Crippen molar-refractivity contribution in [3.63, 3.8) is 0 Å². The van der Waals surface area contributed by atoms with E-state index in [2.05, 4.69) is 10.0 Å². The van der Waals surface area contributed by atoms with Crippen molar-refractivity contribution in [3.05, 3.63) is 46.3 Å². The van der Waals surface area contributed by atoms with Gasteiger partial charge in [0.25, 0.3) is 0 Å². The van der Waals surface area contributed by atoms with Gasteiger partial charge in [-0.2, -0.15) is 0 Å². The minimum atomic E-state index is -1.37. The first-order valence-corrected chi connectivity index (χ1v) is 6.49. The lowest BCUT2D eigenvalue weighted by molar-refractivity contribution is -0.268. The molecule has 1 heterocycles. The van der Waals surface area contributed by atoms with Gasteiger partial charge in [0.05, 0.1) is 19.3 Å². The maximum atomic E-state index is 9.95. The smallest absolute Gasteiger partial charge is 0.169 e. The molecule has 1 saturated heterocycles. The van der Waals surface area contributed by atoms with Gasteiger partial charge in [-0.25, -0.2) is 0 Å². The van der Waals surface area contributed by atoms with E-state index in [4.69, 9.17) is 20.1 Å². The first-order valence-electron chi connectivity index (χ1n) is 6.49. The van der Waals surface area contributed by atoms with E-state index >= 15 is 0 Å². The lowest BCUT2D eigenvalue weighted by Gasteiger charge is -2.40. The minimum Gasteiger partial charge on any atom is -0.394 e. The van der Waals surface area contributed by atoms with Gasteiger partial charge in [-0.05, 0) is 11.1 Å². The van der Waals surface area contributed by atoms with Gasteiger partial charge in [0, 0.05) is 4.91 Å². The fourth-order valence-corrected chi connectivity index (χ4v) is 2.14. The summed E-state index contributed by atoms with van der Waals surface area (Å²) in [7, 11) is 0. The molecule has 2 rings (SSSR count). The molecule has 1 aromatic rings. The van der Waals surface area contributed by atoms with Crippen LogP contribution in [0.5, 0.6) is 0 Å². The molecule has 114 valence electrons. The van der Waals surface area contributed by atoms with Crippen molar-refractivity contribution in [2.75, 3.05) is 6.61 Å². The predicted octanol–water partition coefficient (Wildman–Crippen LogP) is 0.321. The third kappa shape index (κ3) is 3.70. The van der Waals surface area contributed by atoms with Crippen LogP contribution in [0.25, 0.3) is 10.4 Å². The molecule has 8 heteroatoms. The topological polar surface area (TPSA) is 128 Å². The van der Waals surface area contributed by atoms with Crippen LogP contribution in [0.3, 0.4) is 0 Å². The molecular weight excluding hydrogens is 278 g/mol. The number of benzene rings is 1. The van der Waals surface area contributed by atoms with E-state index in [1.54, 1.807) is 0 Å². The van der Waals surface area contributed by atoms with Crippen molar-refractivity contribution < 1.29 is 24.8 Å². The van der Waals surface area contributed by atoms with E-state index in [9.17, 15) is 10.2 Å². The number of aliphatic hydroxyl groups excluding tert-OH is 3. The molecule has 0 unspecified atom stereocenters. The van der Waals surface area contributed by atoms with E-state index in [1.807, 2.05) is 30.3 Å². The molecule has 1 aliphatic heterocycles. The summed E-state index contributed by atoms with van der Waals surface area (Å²) in [5, 5.41) is 32.3. The van der Waals surface area contributed by atoms with Gasteiger partial charge >= 0.3 is 0 Å². The lowest BCUT2D eigenvalue weighted by Crippen LogP contribution is -2.58. The van der Waals surface area contributed by atoms with E-state index in [1.165, 1.54) is 0 Å². The van der Waals surface area contributed by atoms with E-state index in [0.717, 1.165) is 5.56 Å². The van der Waals surface area contributed by atoms with E-state index in [0.29, 0.717) is 0 Å². The molecule has 0 spiro atoms. The highest BCUT2D eigenvalue weighted by Crippen LogP contribution is 2.25. The van der Waals surface area contributed by atoms with Crippen molar-refractivity contribution in [3.8, 4) is 0 Å². The summed E-state index contributed by atoms with van der Waals surface area (Å²) < 4.78 is 10.9. The zero-order chi connectivity index (χ0) is 15.2. The van der Waals surface area contributed by atoms with Crippen LogP contribution in [0.2, 0.25) is 0 Å². The summed E-state index contributed by atoms with van der Waals surface area (Å²) in [5.41, 5.74) is 9.43. The first kappa shape index (κ1) is 15.7. The van der Waals surface area contributed by atoms with Gasteiger partial charge in [0.2, 0.25) is 0 Å². The lowest BCUT2D eigenvalue weighted by atomic mass is 9.98. The molecule has 1 fully saturated rings. The molecule has 8 nitrogen and oxygen atoms in total. The average molecular weight is 295 g/mol. The van der Waals surface area contributed by atoms with Gasteiger partial charge in [-0.3, -0.25) is 0 Å². The van der Waals surface area contributed by atoms with E-state index in [-0.39, 0.29) is 6.61 Å². The Hall–Kier alpha value is -1.67. The summed E-state index contributed by atoms with van der Waals surface area (Å²) >= 11 is 0. The van der Waals surface area contributed by atoms with Crippen LogP contribution in [0, 0.1) is 0 Å². The van der Waals surface area contributed by atoms with E-state index < -0.39 is 37.3 Å². The summed E-state index contributed by atoms with van der Waals surface area (Å²) in [6.45, 7) is -0.295. The molecule has 0 amide bonds. The number of rotatable bonds is 5. The fourth-order valence-electron chi connectivity index (χ4n) is 2.14. The molecule has 1 aliphatic rings. The third-order valence-electron chi connectivity index (χ3n) is 3.29. The monoisotopic (exact) mass is 295 g/mol. The SMILES string of the molecule is [N-]=[N+]=N[C@@H]1[C@@H](OCc2ccccc2)O[C@H](CO)[C@H](O)[C@@H]1O. The quantitative estimate of drug-likeness (QED) is 0.409. The zero-order valence-electron chi connectivity index (χ0n) is 11.2. The van der Waals surface area contributed by atoms with Crippen molar-refractivity contribution >= 4 is 0 Å². The standard InChI is InChI=1S/C13H17N3O5/c14-16-15-10-12(19)11(18)9(6-17)21-13(10)20-7-8-4-2-1-3-5-8/h1-5,9-13,17-19H,6-7H2/t9-,10+,11+,12-,13+/m1/s1. The maximum absolute atomic E-state index is 9.95. The second-order valence-electron chi connectivity index (χ2n) is 4.70. The predicted molar refractivity (Wildman–Crippen MR) is 71.9 cm³/mol. The minimum absolute atomic E-state index is 0.184. The highest BCUT2D eigenvalue weighted by atomic mass is 16.7. The zero-order valence-corrected chi connectivity index (χ0v) is 11.2. The van der Waals surface area contributed by atoms with Crippen molar-refractivity contribution in [1.82, 2.24) is 0 Å². The highest BCUT2D eigenvalue weighted by Gasteiger charge is 2.44. The normalized spacial score (nSPS) is 32.4. The molecule has 1 aromatic carbocycles. The summed E-state index contributed by atoms with van der Waals surface area (Å²) in [6.07, 6.45) is -4.75. The largest absolute Gasteiger partial charge is 0.394 e. The Kier molecular flexibility index (Phi) is 5.51. The van der Waals surface area contributed by atoms with Crippen molar-refractivity contribution in [2.24, 2.45) is 5.11 Å². The second kappa shape index (κ2) is 7.37. The first-order chi connectivity index (χ1) is 10.2. The Morgan fingerprint density at radius 1 is 1.24 bits per heavy atom. The molecule has 0 aliphatic carbocycles. The Morgan fingerprint density at radius 2 is 1.95 bits per heavy atom. The Labute approximate surface area is 121 Å². The number of aliphatic hydroxyl groups is 3. The molecular formula is C13H17N3O5. The molecule has 3 N–H and O–H groups in total. The highest BCUT2D eigenvalue weighted by molar-refractivity contribution is 5.13. The van der Waals surface area contributed by atoms with Crippen LogP contribution in [0.4, 0.5) is 0 Å². The molecule has 0 saturated carbocycles. The summed E-state index contributed by atoms with van der Waals surface area (Å²) in [4.78, 5) is 2.63. The number of hydrogen-bond acceptors (Lipinski definition) is 6. The average Bonchev–Trinajstić information content (AvgIpc) is 2.52. The van der Waals surface area contributed by atoms with Crippen LogP contribution < -0.4 is 0 Å². The van der Waals surface area contributed by atoms with Crippen molar-refractivity contribution in [2.45, 2.75) is 37.3 Å². The number of hydrogen-bond donors (Lipinski definition) is 3. The Morgan fingerprint density at radius 3 is 2.57 bits per heavy atom. The van der Waals surface area contributed by atoms with Crippen molar-refractivity contribution in [1.29, 1.82) is 0 Å². The number of ether oxygens (including phenoxy) is 2. The molecule has 21 heavy (non-hydrogen) atoms. The van der Waals surface area contributed by atoms with Crippen LogP contribution >= 0.6 is 0 Å². The summed E-state index contributed by atoms with van der Waals surface area (Å²) in [5.74, 6) is 0. The number of nitrogens with zero attached hydrogens (tertiary/aromatic N) is 3. The second-order valence-corrected chi connectivity index (χ2v) is 4.70. The van der Waals surface area contributed by atoms with Gasteiger partial charge in [0.15, 0.2) is 6.29 Å². The third-order valence-corrected chi connectivity index (χ3v) is 3.29. The van der Waals surface area contributed by atoms with Gasteiger partial charge in [0.1, 0.15) is 18.2 Å². The van der Waals surface area contributed by atoms with Crippen LogP contribution in [0.15, 0.2) is 35.4 Å². The van der Waals surface area contributed by atoms with Gasteiger partial charge in [-0.15, -0.1) is 0 Å². The molecule has 0 radical (unpaired) electrons. The maximum Gasteiger partial charge on any atom is 0.169 e. The number of azide groups is 1. The fraction of sp³-hybridized carbons (Fsp3) is 0.538. The molecule has 5 atom stereocenters. The molecule has 0 bridgehead atoms. The van der Waals surface area contributed by atoms with Crippen LogP contribution in [-0.4, -0.2) is 52.6 Å². The summed E-state index contributed by atoms with van der Waals surface area (Å²) in [6, 6.07) is 8.17. The van der Waals surface area contributed by atoms with Gasteiger partial charge < -0.3 is 24.8 Å². The van der Waals surface area contributed by atoms with Crippen LogP contribution in [0.1, 0.15) is 5.56 Å². The molecule has 0 aromatic heterocycles.